The number of β-lactam (4-membered cyclic amide) rings is 1. The Hall–Kier alpha value is -3.86. The van der Waals surface area contributed by atoms with Crippen LogP contribution in [-0.4, -0.2) is 44.8 Å². The van der Waals surface area contributed by atoms with E-state index in [4.69, 9.17) is 10.5 Å². The summed E-state index contributed by atoms with van der Waals surface area (Å²) in [7, 11) is 0. The van der Waals surface area contributed by atoms with Gasteiger partial charge in [-0.05, 0) is 41.8 Å². The lowest BCUT2D eigenvalue weighted by Gasteiger charge is -2.49. The number of para-hydroxylation sites is 1. The van der Waals surface area contributed by atoms with Gasteiger partial charge in [-0.15, -0.1) is 11.8 Å². The Morgan fingerprint density at radius 3 is 2.62 bits per heavy atom. The van der Waals surface area contributed by atoms with E-state index in [0.717, 1.165) is 0 Å². The van der Waals surface area contributed by atoms with Gasteiger partial charge < -0.3 is 15.8 Å². The van der Waals surface area contributed by atoms with Crippen LogP contribution in [0.25, 0.3) is 0 Å². The van der Waals surface area contributed by atoms with Crippen LogP contribution in [0.3, 0.4) is 0 Å². The van der Waals surface area contributed by atoms with E-state index in [-0.39, 0.29) is 36.2 Å². The minimum Gasteiger partial charge on any atom is -0.456 e. The molecular formula is C23H22N4O6S. The Labute approximate surface area is 199 Å². The first-order valence-corrected chi connectivity index (χ1v) is 11.5. The summed E-state index contributed by atoms with van der Waals surface area (Å²) >= 11 is 1.46. The van der Waals surface area contributed by atoms with Crippen LogP contribution >= 0.6 is 11.8 Å². The van der Waals surface area contributed by atoms with Gasteiger partial charge in [0, 0.05) is 23.6 Å². The van der Waals surface area contributed by atoms with Crippen LogP contribution in [0.5, 0.6) is 0 Å². The van der Waals surface area contributed by atoms with Crippen LogP contribution in [-0.2, 0) is 32.1 Å². The number of nitrogen functional groups attached to an aromatic ring is 1. The molecule has 0 aliphatic carbocycles. The summed E-state index contributed by atoms with van der Waals surface area (Å²) in [4.78, 5) is 49.8. The second kappa shape index (κ2) is 9.56. The molecule has 1 unspecified atom stereocenters. The van der Waals surface area contributed by atoms with Gasteiger partial charge in [0.15, 0.2) is 0 Å². The molecule has 1 saturated heterocycles. The minimum absolute atomic E-state index is 0.0485. The number of nitrogens with two attached hydrogens (primary N) is 1. The van der Waals surface area contributed by atoms with Crippen molar-refractivity contribution in [2.75, 3.05) is 11.5 Å². The third kappa shape index (κ3) is 4.60. The fourth-order valence-electron chi connectivity index (χ4n) is 3.79. The second-order valence-electron chi connectivity index (χ2n) is 7.96. The van der Waals surface area contributed by atoms with Crippen molar-refractivity contribution in [1.29, 1.82) is 0 Å². The van der Waals surface area contributed by atoms with Gasteiger partial charge in [-0.25, -0.2) is 4.79 Å². The molecule has 11 heteroatoms. The molecule has 0 spiro atoms. The molecule has 2 aliphatic heterocycles. The van der Waals surface area contributed by atoms with Gasteiger partial charge >= 0.3 is 5.97 Å². The number of hydrogen-bond acceptors (Lipinski definition) is 8. The highest BCUT2D eigenvalue weighted by molar-refractivity contribution is 8.00. The van der Waals surface area contributed by atoms with Gasteiger partial charge in [0.25, 0.3) is 11.6 Å². The van der Waals surface area contributed by atoms with E-state index < -0.39 is 22.3 Å². The van der Waals surface area contributed by atoms with Gasteiger partial charge in [0.1, 0.15) is 23.7 Å². The molecular weight excluding hydrogens is 460 g/mol. The number of nitro groups is 1. The molecule has 2 amide bonds. The first-order valence-electron chi connectivity index (χ1n) is 10.4. The highest BCUT2D eigenvalue weighted by Crippen LogP contribution is 2.40. The lowest BCUT2D eigenvalue weighted by molar-refractivity contribution is -0.384. The summed E-state index contributed by atoms with van der Waals surface area (Å²) in [5.74, 6) is -0.858. The van der Waals surface area contributed by atoms with Crippen molar-refractivity contribution in [3.8, 4) is 0 Å². The van der Waals surface area contributed by atoms with Crippen molar-refractivity contribution in [3.05, 3.63) is 81.0 Å². The smallest absolute Gasteiger partial charge is 0.355 e. The summed E-state index contributed by atoms with van der Waals surface area (Å²) in [5.41, 5.74) is 8.46. The summed E-state index contributed by atoms with van der Waals surface area (Å²) in [6, 6.07) is 12.0. The number of nitrogens with one attached hydrogen (secondary N) is 1. The molecule has 1 fully saturated rings. The number of amides is 2. The number of benzene rings is 2. The fourth-order valence-corrected chi connectivity index (χ4v) is 5.08. The van der Waals surface area contributed by atoms with E-state index >= 15 is 0 Å². The van der Waals surface area contributed by atoms with E-state index in [1.165, 1.54) is 40.9 Å². The minimum atomic E-state index is -0.743. The monoisotopic (exact) mass is 482 g/mol. The summed E-state index contributed by atoms with van der Waals surface area (Å²) < 4.78 is 5.38. The van der Waals surface area contributed by atoms with Crippen LogP contribution in [0.1, 0.15) is 18.1 Å². The molecule has 176 valence electrons. The van der Waals surface area contributed by atoms with Crippen LogP contribution in [0, 0.1) is 10.1 Å². The highest BCUT2D eigenvalue weighted by atomic mass is 32.2. The third-order valence-corrected chi connectivity index (χ3v) is 7.02. The number of fused-ring (bicyclic) bond motifs is 1. The topological polar surface area (TPSA) is 145 Å². The first kappa shape index (κ1) is 23.3. The largest absolute Gasteiger partial charge is 0.456 e. The van der Waals surface area contributed by atoms with Crippen LogP contribution < -0.4 is 11.1 Å². The number of carbonyl (C=O) groups is 3. The van der Waals surface area contributed by atoms with Crippen molar-refractivity contribution in [2.45, 2.75) is 31.4 Å². The maximum atomic E-state index is 12.9. The molecule has 0 saturated carbocycles. The molecule has 0 radical (unpaired) electrons. The lowest BCUT2D eigenvalue weighted by Crippen LogP contribution is -2.70. The van der Waals surface area contributed by atoms with Crippen LogP contribution in [0.4, 0.5) is 11.4 Å². The van der Waals surface area contributed by atoms with E-state index in [9.17, 15) is 24.5 Å². The lowest BCUT2D eigenvalue weighted by atomic mass is 10.0. The van der Waals surface area contributed by atoms with Crippen LogP contribution in [0.2, 0.25) is 0 Å². The van der Waals surface area contributed by atoms with E-state index in [1.807, 2.05) is 0 Å². The molecule has 2 atom stereocenters. The highest BCUT2D eigenvalue weighted by Gasteiger charge is 2.53. The number of nitro benzene ring substituents is 1. The third-order valence-electron chi connectivity index (χ3n) is 5.59. The Bertz CT molecular complexity index is 1200. The molecule has 2 heterocycles. The molecule has 34 heavy (non-hydrogen) atoms. The molecule has 0 bridgehead atoms. The zero-order valence-corrected chi connectivity index (χ0v) is 19.0. The van der Waals surface area contributed by atoms with Crippen LogP contribution in [0.15, 0.2) is 59.8 Å². The second-order valence-corrected chi connectivity index (χ2v) is 9.06. The molecule has 3 N–H and O–H groups in total. The van der Waals surface area contributed by atoms with Gasteiger partial charge in [-0.2, -0.15) is 0 Å². The Morgan fingerprint density at radius 1 is 1.24 bits per heavy atom. The molecule has 2 aromatic carbocycles. The van der Waals surface area contributed by atoms with E-state index in [0.29, 0.717) is 28.1 Å². The summed E-state index contributed by atoms with van der Waals surface area (Å²) in [6.07, 6.45) is 0.0485. The van der Waals surface area contributed by atoms with Crippen molar-refractivity contribution < 1.29 is 24.0 Å². The van der Waals surface area contributed by atoms with Crippen molar-refractivity contribution in [1.82, 2.24) is 10.2 Å². The molecule has 4 rings (SSSR count). The maximum Gasteiger partial charge on any atom is 0.355 e. The molecule has 10 nitrogen and oxygen atoms in total. The Kier molecular flexibility index (Phi) is 6.55. The van der Waals surface area contributed by atoms with Gasteiger partial charge in [-0.3, -0.25) is 24.6 Å². The zero-order chi connectivity index (χ0) is 24.4. The maximum absolute atomic E-state index is 12.9. The van der Waals surface area contributed by atoms with E-state index in [2.05, 4.69) is 5.32 Å². The molecule has 2 aliphatic rings. The first-order chi connectivity index (χ1) is 16.3. The number of carbonyl (C=O) groups excluding carboxylic acids is 3. The Morgan fingerprint density at radius 2 is 1.94 bits per heavy atom. The normalized spacial score (nSPS) is 19.2. The molecule has 0 aromatic heterocycles. The number of rotatable bonds is 7. The van der Waals surface area contributed by atoms with Gasteiger partial charge in [0.05, 0.1) is 11.3 Å². The number of anilines is 1. The van der Waals surface area contributed by atoms with E-state index in [1.54, 1.807) is 31.2 Å². The van der Waals surface area contributed by atoms with Crippen molar-refractivity contribution >= 4 is 40.9 Å². The number of hydrogen-bond donors (Lipinski definition) is 2. The van der Waals surface area contributed by atoms with Crippen molar-refractivity contribution in [3.63, 3.8) is 0 Å². The predicted molar refractivity (Wildman–Crippen MR) is 125 cm³/mol. The standard InChI is InChI=1S/C23H22N4O6S/c1-13-12-34-22-19(25-18(28)10-15-4-2-3-5-17(15)24)21(29)26(22)20(13)23(30)33-11-14-6-8-16(9-7-14)27(31)32/h2-9,19,22H,10-12,24H2,1H3,(H,25,28)/t19?,22-/m1/s1. The SMILES string of the molecule is CC1=C(C(=O)OCc2ccc([N+](=O)[O-])cc2)N2C(=O)C(NC(=O)Cc3ccccc3N)[C@H]2SC1. The number of thioether (sulfide) groups is 1. The molecule has 2 aromatic rings. The van der Waals surface area contributed by atoms with Gasteiger partial charge in [-0.1, -0.05) is 18.2 Å². The summed E-state index contributed by atoms with van der Waals surface area (Å²) in [5, 5.41) is 13.1. The number of non-ortho nitro benzene ring substituents is 1. The predicted octanol–water partition coefficient (Wildman–Crippen LogP) is 2.14. The number of esters is 1. The summed E-state index contributed by atoms with van der Waals surface area (Å²) in [6.45, 7) is 1.66. The Balaban J connectivity index is 1.38. The zero-order valence-electron chi connectivity index (χ0n) is 18.2. The quantitative estimate of drug-likeness (QED) is 0.201. The average Bonchev–Trinajstić information content (AvgIpc) is 2.82. The average molecular weight is 483 g/mol. The number of ether oxygens (including phenoxy) is 1. The number of nitrogens with zero attached hydrogens (tertiary/aromatic N) is 2. The fraction of sp³-hybridized carbons (Fsp3) is 0.261. The van der Waals surface area contributed by atoms with Crippen molar-refractivity contribution in [2.24, 2.45) is 0 Å². The van der Waals surface area contributed by atoms with Gasteiger partial charge in [0.2, 0.25) is 5.91 Å².